The van der Waals surface area contributed by atoms with Crippen molar-refractivity contribution in [2.24, 2.45) is 0 Å². The van der Waals surface area contributed by atoms with Gasteiger partial charge in [-0.05, 0) is 24.3 Å². The van der Waals surface area contributed by atoms with E-state index >= 15 is 0 Å². The van der Waals surface area contributed by atoms with Gasteiger partial charge >= 0.3 is 6.03 Å². The molecule has 0 spiro atoms. The zero-order valence-corrected chi connectivity index (χ0v) is 14.9. The van der Waals surface area contributed by atoms with Crippen molar-refractivity contribution in [1.82, 2.24) is 20.0 Å². The van der Waals surface area contributed by atoms with Gasteiger partial charge in [-0.25, -0.2) is 4.79 Å². The Labute approximate surface area is 147 Å². The number of nitrogens with zero attached hydrogens (tertiary/aromatic N) is 3. The summed E-state index contributed by atoms with van der Waals surface area (Å²) < 4.78 is 0. The molecular weight excluding hydrogens is 324 g/mol. The van der Waals surface area contributed by atoms with E-state index in [2.05, 4.69) is 27.7 Å². The minimum absolute atomic E-state index is 0.0417. The molecule has 0 atom stereocenters. The van der Waals surface area contributed by atoms with Crippen LogP contribution in [0.25, 0.3) is 0 Å². The van der Waals surface area contributed by atoms with E-state index in [0.717, 1.165) is 58.7 Å². The molecule has 3 heterocycles. The number of hydrogen-bond acceptors (Lipinski definition) is 4. The zero-order chi connectivity index (χ0) is 16.8. The number of carbonyl (C=O) groups is 2. The van der Waals surface area contributed by atoms with Crippen LogP contribution in [0.1, 0.15) is 24.1 Å². The highest BCUT2D eigenvalue weighted by Crippen LogP contribution is 2.13. The molecule has 6 nitrogen and oxygen atoms in total. The van der Waals surface area contributed by atoms with Gasteiger partial charge in [0.05, 0.1) is 0 Å². The van der Waals surface area contributed by atoms with Crippen LogP contribution in [0.3, 0.4) is 0 Å². The van der Waals surface area contributed by atoms with Gasteiger partial charge in [0.15, 0.2) is 0 Å². The third-order valence-electron chi connectivity index (χ3n) is 4.69. The molecule has 24 heavy (non-hydrogen) atoms. The number of piperazine rings is 1. The van der Waals surface area contributed by atoms with Gasteiger partial charge in [-0.1, -0.05) is 6.07 Å². The molecule has 7 heteroatoms. The van der Waals surface area contributed by atoms with Gasteiger partial charge in [-0.3, -0.25) is 9.69 Å². The molecule has 2 fully saturated rings. The molecule has 3 amide bonds. The Morgan fingerprint density at radius 3 is 2.46 bits per heavy atom. The minimum atomic E-state index is -0.0417. The summed E-state index contributed by atoms with van der Waals surface area (Å²) in [6, 6.07) is 4.19. The number of rotatable bonds is 5. The van der Waals surface area contributed by atoms with Gasteiger partial charge in [0, 0.05) is 63.7 Å². The molecule has 0 aromatic carbocycles. The molecule has 132 valence electrons. The highest BCUT2D eigenvalue weighted by molar-refractivity contribution is 7.09. The van der Waals surface area contributed by atoms with Gasteiger partial charge in [0.1, 0.15) is 0 Å². The number of urea groups is 1. The quantitative estimate of drug-likeness (QED) is 0.877. The fourth-order valence-electron chi connectivity index (χ4n) is 3.24. The van der Waals surface area contributed by atoms with Crippen LogP contribution >= 0.6 is 11.3 Å². The summed E-state index contributed by atoms with van der Waals surface area (Å²) in [4.78, 5) is 31.7. The van der Waals surface area contributed by atoms with Crippen LogP contribution in [-0.4, -0.2) is 72.5 Å². The molecule has 2 saturated heterocycles. The first kappa shape index (κ1) is 17.2. The highest BCUT2D eigenvalue weighted by atomic mass is 32.1. The number of likely N-dealkylation sites (tertiary alicyclic amines) is 1. The lowest BCUT2D eigenvalue weighted by molar-refractivity contribution is -0.129. The maximum atomic E-state index is 12.2. The van der Waals surface area contributed by atoms with E-state index in [9.17, 15) is 9.59 Å². The molecule has 0 aliphatic carbocycles. The third kappa shape index (κ3) is 4.70. The topological polar surface area (TPSA) is 55.9 Å². The summed E-state index contributed by atoms with van der Waals surface area (Å²) >= 11 is 1.78. The van der Waals surface area contributed by atoms with Gasteiger partial charge < -0.3 is 15.1 Å². The average Bonchev–Trinajstić information content (AvgIpc) is 3.29. The van der Waals surface area contributed by atoms with Crippen molar-refractivity contribution in [2.45, 2.75) is 25.8 Å². The highest BCUT2D eigenvalue weighted by Gasteiger charge is 2.22. The molecule has 1 N–H and O–H groups in total. The summed E-state index contributed by atoms with van der Waals surface area (Å²) in [5, 5.41) is 4.99. The molecule has 2 aliphatic rings. The zero-order valence-electron chi connectivity index (χ0n) is 14.1. The van der Waals surface area contributed by atoms with E-state index < -0.39 is 0 Å². The van der Waals surface area contributed by atoms with Crippen molar-refractivity contribution in [2.75, 3.05) is 45.8 Å². The number of thiophene rings is 1. The second-order valence-corrected chi connectivity index (χ2v) is 7.44. The lowest BCUT2D eigenvalue weighted by Gasteiger charge is -2.34. The fourth-order valence-corrected chi connectivity index (χ4v) is 3.99. The smallest absolute Gasteiger partial charge is 0.317 e. The Balaban J connectivity index is 1.32. The van der Waals surface area contributed by atoms with Gasteiger partial charge in [0.25, 0.3) is 0 Å². The van der Waals surface area contributed by atoms with Crippen molar-refractivity contribution in [3.8, 4) is 0 Å². The standard InChI is InChI=1S/C17H26N4O2S/c22-16(20-7-1-2-8-20)5-6-18-17(23)21-11-9-19(10-12-21)14-15-4-3-13-24-15/h3-4,13H,1-2,5-12,14H2,(H,18,23). The van der Waals surface area contributed by atoms with Crippen molar-refractivity contribution >= 4 is 23.3 Å². The average molecular weight is 350 g/mol. The van der Waals surface area contributed by atoms with Gasteiger partial charge in [-0.2, -0.15) is 0 Å². The first-order valence-corrected chi connectivity index (χ1v) is 9.65. The first-order valence-electron chi connectivity index (χ1n) is 8.77. The molecule has 2 aliphatic heterocycles. The largest absolute Gasteiger partial charge is 0.343 e. The Morgan fingerprint density at radius 2 is 1.79 bits per heavy atom. The maximum Gasteiger partial charge on any atom is 0.317 e. The van der Waals surface area contributed by atoms with Crippen molar-refractivity contribution in [3.63, 3.8) is 0 Å². The van der Waals surface area contributed by atoms with E-state index in [4.69, 9.17) is 0 Å². The molecule has 0 radical (unpaired) electrons. The van der Waals surface area contributed by atoms with E-state index in [-0.39, 0.29) is 11.9 Å². The number of nitrogens with one attached hydrogen (secondary N) is 1. The van der Waals surface area contributed by atoms with Gasteiger partial charge in [-0.15, -0.1) is 11.3 Å². The number of amides is 3. The number of carbonyl (C=O) groups excluding carboxylic acids is 2. The maximum absolute atomic E-state index is 12.2. The molecular formula is C17H26N4O2S. The van der Waals surface area contributed by atoms with Crippen LogP contribution in [0.5, 0.6) is 0 Å². The predicted molar refractivity (Wildman–Crippen MR) is 95.0 cm³/mol. The minimum Gasteiger partial charge on any atom is -0.343 e. The Hall–Kier alpha value is -1.60. The van der Waals surface area contributed by atoms with Crippen LogP contribution < -0.4 is 5.32 Å². The Kier molecular flexibility index (Phi) is 6.09. The first-order chi connectivity index (χ1) is 11.7. The van der Waals surface area contributed by atoms with E-state index in [0.29, 0.717) is 13.0 Å². The molecule has 1 aromatic heterocycles. The van der Waals surface area contributed by atoms with E-state index in [1.165, 1.54) is 4.88 Å². The lowest BCUT2D eigenvalue weighted by Crippen LogP contribution is -2.51. The van der Waals surface area contributed by atoms with Crippen LogP contribution in [0.2, 0.25) is 0 Å². The molecule has 1 aromatic rings. The summed E-state index contributed by atoms with van der Waals surface area (Å²) in [6.07, 6.45) is 2.62. The summed E-state index contributed by atoms with van der Waals surface area (Å²) in [7, 11) is 0. The SMILES string of the molecule is O=C(CCNC(=O)N1CCN(Cc2cccs2)CC1)N1CCCC1. The normalized spacial score (nSPS) is 18.8. The molecule has 0 unspecified atom stereocenters. The van der Waals surface area contributed by atoms with Crippen molar-refractivity contribution < 1.29 is 9.59 Å². The summed E-state index contributed by atoms with van der Waals surface area (Å²) in [5.74, 6) is 0.161. The lowest BCUT2D eigenvalue weighted by atomic mass is 10.3. The number of hydrogen-bond donors (Lipinski definition) is 1. The van der Waals surface area contributed by atoms with E-state index in [1.54, 1.807) is 11.3 Å². The molecule has 3 rings (SSSR count). The van der Waals surface area contributed by atoms with Crippen molar-refractivity contribution in [3.05, 3.63) is 22.4 Å². The van der Waals surface area contributed by atoms with Crippen LogP contribution in [0, 0.1) is 0 Å². The van der Waals surface area contributed by atoms with Crippen LogP contribution in [0.4, 0.5) is 4.79 Å². The monoisotopic (exact) mass is 350 g/mol. The van der Waals surface area contributed by atoms with Crippen LogP contribution in [-0.2, 0) is 11.3 Å². The molecule has 0 bridgehead atoms. The summed E-state index contributed by atoms with van der Waals surface area (Å²) in [5.41, 5.74) is 0. The molecule has 0 saturated carbocycles. The Bertz CT molecular complexity index is 535. The third-order valence-corrected chi connectivity index (χ3v) is 5.55. The van der Waals surface area contributed by atoms with E-state index in [1.807, 2.05) is 9.80 Å². The predicted octanol–water partition coefficient (Wildman–Crippen LogP) is 1.59. The van der Waals surface area contributed by atoms with Crippen molar-refractivity contribution in [1.29, 1.82) is 0 Å². The second kappa shape index (κ2) is 8.48. The van der Waals surface area contributed by atoms with Gasteiger partial charge in [0.2, 0.25) is 5.91 Å². The summed E-state index contributed by atoms with van der Waals surface area (Å²) in [6.45, 7) is 6.45. The second-order valence-electron chi connectivity index (χ2n) is 6.41. The Morgan fingerprint density at radius 1 is 1.04 bits per heavy atom. The fraction of sp³-hybridized carbons (Fsp3) is 0.647. The van der Waals surface area contributed by atoms with Crippen LogP contribution in [0.15, 0.2) is 17.5 Å².